The average molecular weight is 419 g/mol. The Hall–Kier alpha value is -3.21. The number of amides is 1. The first-order valence-electron chi connectivity index (χ1n) is 10.7. The molecule has 0 radical (unpaired) electrons. The number of carbonyl (C=O) groups is 1. The molecule has 1 aliphatic heterocycles. The van der Waals surface area contributed by atoms with Gasteiger partial charge in [-0.1, -0.05) is 36.4 Å². The van der Waals surface area contributed by atoms with Gasteiger partial charge >= 0.3 is 0 Å². The molecule has 1 unspecified atom stereocenters. The fraction of sp³-hybridized carbons (Fsp3) is 0.308. The maximum atomic E-state index is 13.9. The van der Waals surface area contributed by atoms with Crippen molar-refractivity contribution in [1.82, 2.24) is 9.88 Å². The van der Waals surface area contributed by atoms with Crippen LogP contribution in [0.3, 0.4) is 0 Å². The molecular formula is C26H27FN2O2. The number of carbonyl (C=O) groups excluding carboxylic acids is 1. The number of rotatable bonds is 7. The zero-order chi connectivity index (χ0) is 21.6. The van der Waals surface area contributed by atoms with Gasteiger partial charge in [-0.15, -0.1) is 0 Å². The molecule has 2 heterocycles. The number of benzene rings is 2. The molecule has 0 bridgehead atoms. The van der Waals surface area contributed by atoms with Crippen molar-refractivity contribution in [2.24, 2.45) is 0 Å². The van der Waals surface area contributed by atoms with Crippen molar-refractivity contribution in [3.8, 4) is 5.75 Å². The summed E-state index contributed by atoms with van der Waals surface area (Å²) in [6.07, 6.45) is 5.41. The molecule has 4 nitrogen and oxygen atoms in total. The number of pyridine rings is 1. The second kappa shape index (κ2) is 9.73. The summed E-state index contributed by atoms with van der Waals surface area (Å²) in [6.45, 7) is 0.769. The highest BCUT2D eigenvalue weighted by Crippen LogP contribution is 2.31. The molecule has 1 aromatic heterocycles. The molecule has 1 saturated heterocycles. The molecule has 5 heteroatoms. The first-order valence-corrected chi connectivity index (χ1v) is 10.7. The number of aromatic nitrogens is 1. The van der Waals surface area contributed by atoms with Gasteiger partial charge in [-0.05, 0) is 60.2 Å². The van der Waals surface area contributed by atoms with Gasteiger partial charge in [0.05, 0.1) is 18.8 Å². The topological polar surface area (TPSA) is 42.4 Å². The number of methoxy groups -OCH3 is 1. The summed E-state index contributed by atoms with van der Waals surface area (Å²) in [7, 11) is 1.65. The van der Waals surface area contributed by atoms with Crippen molar-refractivity contribution in [2.45, 2.75) is 38.1 Å². The summed E-state index contributed by atoms with van der Waals surface area (Å²) in [5.74, 6) is 0.783. The van der Waals surface area contributed by atoms with E-state index in [4.69, 9.17) is 4.74 Å². The quantitative estimate of drug-likeness (QED) is 0.535. The molecule has 1 aliphatic rings. The molecule has 3 aromatic rings. The highest BCUT2D eigenvalue weighted by molar-refractivity contribution is 5.77. The molecule has 0 N–H and O–H groups in total. The molecule has 1 amide bonds. The van der Waals surface area contributed by atoms with Crippen molar-refractivity contribution >= 4 is 5.91 Å². The molecule has 4 rings (SSSR count). The lowest BCUT2D eigenvalue weighted by atomic mass is 10.0. The number of halogens is 1. The van der Waals surface area contributed by atoms with E-state index in [-0.39, 0.29) is 17.8 Å². The van der Waals surface area contributed by atoms with Crippen molar-refractivity contribution in [2.75, 3.05) is 13.7 Å². The van der Waals surface area contributed by atoms with E-state index in [9.17, 15) is 9.18 Å². The Morgan fingerprint density at radius 2 is 1.87 bits per heavy atom. The number of hydrogen-bond acceptors (Lipinski definition) is 3. The SMILES string of the molecule is COc1ccc(CCC(=O)N2CCCC2c2ccc(Cc3ccccc3F)cn2)cc1. The minimum absolute atomic E-state index is 0.0193. The molecule has 2 aromatic carbocycles. The van der Waals surface area contributed by atoms with Crippen molar-refractivity contribution in [3.05, 3.63) is 95.1 Å². The lowest BCUT2D eigenvalue weighted by Crippen LogP contribution is -2.31. The van der Waals surface area contributed by atoms with E-state index < -0.39 is 0 Å². The summed E-state index contributed by atoms with van der Waals surface area (Å²) in [5, 5.41) is 0. The third-order valence-electron chi connectivity index (χ3n) is 5.90. The van der Waals surface area contributed by atoms with Gasteiger partial charge in [0.2, 0.25) is 5.91 Å². The van der Waals surface area contributed by atoms with Crippen LogP contribution >= 0.6 is 0 Å². The highest BCUT2D eigenvalue weighted by atomic mass is 19.1. The molecular weight excluding hydrogens is 391 g/mol. The Balaban J connectivity index is 1.38. The highest BCUT2D eigenvalue weighted by Gasteiger charge is 2.30. The van der Waals surface area contributed by atoms with Gasteiger partial charge in [0.25, 0.3) is 0 Å². The molecule has 160 valence electrons. The lowest BCUT2D eigenvalue weighted by molar-refractivity contribution is -0.132. The second-order valence-corrected chi connectivity index (χ2v) is 7.95. The summed E-state index contributed by atoms with van der Waals surface area (Å²) in [5.41, 5.74) is 3.66. The maximum Gasteiger partial charge on any atom is 0.223 e. The van der Waals surface area contributed by atoms with Gasteiger partial charge in [0, 0.05) is 25.6 Å². The molecule has 31 heavy (non-hydrogen) atoms. The summed E-state index contributed by atoms with van der Waals surface area (Å²) >= 11 is 0. The molecule has 0 saturated carbocycles. The second-order valence-electron chi connectivity index (χ2n) is 7.95. The third kappa shape index (κ3) is 5.10. The Morgan fingerprint density at radius 3 is 2.58 bits per heavy atom. The molecule has 0 aliphatic carbocycles. The van der Waals surface area contributed by atoms with Crippen LogP contribution in [0, 0.1) is 5.82 Å². The number of ether oxygens (including phenoxy) is 1. The Kier molecular flexibility index (Phi) is 6.60. The zero-order valence-electron chi connectivity index (χ0n) is 17.8. The van der Waals surface area contributed by atoms with E-state index in [1.54, 1.807) is 25.4 Å². The summed E-state index contributed by atoms with van der Waals surface area (Å²) in [6, 6.07) is 18.7. The fourth-order valence-corrected chi connectivity index (χ4v) is 4.16. The van der Waals surface area contributed by atoms with Gasteiger partial charge < -0.3 is 9.64 Å². The van der Waals surface area contributed by atoms with Crippen LogP contribution in [0.25, 0.3) is 0 Å². The Bertz CT molecular complexity index is 1020. The number of aryl methyl sites for hydroxylation is 1. The van der Waals surface area contributed by atoms with Gasteiger partial charge in [0.1, 0.15) is 11.6 Å². The number of nitrogens with zero attached hydrogens (tertiary/aromatic N) is 2. The van der Waals surface area contributed by atoms with E-state index in [0.29, 0.717) is 24.8 Å². The predicted molar refractivity (Wildman–Crippen MR) is 118 cm³/mol. The van der Waals surface area contributed by atoms with E-state index in [1.165, 1.54) is 6.07 Å². The van der Waals surface area contributed by atoms with E-state index in [2.05, 4.69) is 4.98 Å². The van der Waals surface area contributed by atoms with Crippen molar-refractivity contribution in [3.63, 3.8) is 0 Å². The van der Waals surface area contributed by atoms with Crippen molar-refractivity contribution < 1.29 is 13.9 Å². The largest absolute Gasteiger partial charge is 0.497 e. The smallest absolute Gasteiger partial charge is 0.223 e. The summed E-state index contributed by atoms with van der Waals surface area (Å²) in [4.78, 5) is 19.5. The first-order chi connectivity index (χ1) is 15.1. The van der Waals surface area contributed by atoms with Gasteiger partial charge in [-0.25, -0.2) is 4.39 Å². The first kappa shape index (κ1) is 21.0. The third-order valence-corrected chi connectivity index (χ3v) is 5.90. The normalized spacial score (nSPS) is 15.8. The van der Waals surface area contributed by atoms with Crippen LogP contribution < -0.4 is 4.74 Å². The van der Waals surface area contributed by atoms with E-state index in [1.807, 2.05) is 47.4 Å². The Morgan fingerprint density at radius 1 is 1.10 bits per heavy atom. The standard InChI is InChI=1S/C26H27FN2O2/c1-31-22-12-8-19(9-13-22)11-15-26(30)29-16-4-7-25(29)24-14-10-20(18-28-24)17-21-5-2-3-6-23(21)27/h2-3,5-6,8-10,12-14,18,25H,4,7,11,15-17H2,1H3. The molecule has 1 fully saturated rings. The van der Waals surface area contributed by atoms with Crippen LogP contribution in [0.5, 0.6) is 5.75 Å². The van der Waals surface area contributed by atoms with Crippen LogP contribution in [0.4, 0.5) is 4.39 Å². The van der Waals surface area contributed by atoms with E-state index >= 15 is 0 Å². The predicted octanol–water partition coefficient (Wildman–Crippen LogP) is 5.12. The number of hydrogen-bond donors (Lipinski definition) is 0. The average Bonchev–Trinajstić information content (AvgIpc) is 3.30. The zero-order valence-corrected chi connectivity index (χ0v) is 17.8. The fourth-order valence-electron chi connectivity index (χ4n) is 4.16. The van der Waals surface area contributed by atoms with Crippen LogP contribution in [-0.4, -0.2) is 29.4 Å². The van der Waals surface area contributed by atoms with Crippen LogP contribution in [0.1, 0.15) is 47.7 Å². The minimum atomic E-state index is -0.198. The van der Waals surface area contributed by atoms with E-state index in [0.717, 1.165) is 42.0 Å². The Labute approximate surface area is 182 Å². The number of likely N-dealkylation sites (tertiary alicyclic amines) is 1. The van der Waals surface area contributed by atoms with Gasteiger partial charge in [0.15, 0.2) is 0 Å². The summed E-state index contributed by atoms with van der Waals surface area (Å²) < 4.78 is 19.1. The van der Waals surface area contributed by atoms with Crippen LogP contribution in [0.2, 0.25) is 0 Å². The van der Waals surface area contributed by atoms with Crippen LogP contribution in [0.15, 0.2) is 66.9 Å². The monoisotopic (exact) mass is 418 g/mol. The van der Waals surface area contributed by atoms with Gasteiger partial charge in [-0.3, -0.25) is 9.78 Å². The molecule has 1 atom stereocenters. The van der Waals surface area contributed by atoms with Crippen LogP contribution in [-0.2, 0) is 17.6 Å². The maximum absolute atomic E-state index is 13.9. The lowest BCUT2D eigenvalue weighted by Gasteiger charge is -2.24. The van der Waals surface area contributed by atoms with Gasteiger partial charge in [-0.2, -0.15) is 0 Å². The minimum Gasteiger partial charge on any atom is -0.497 e. The molecule has 0 spiro atoms. The van der Waals surface area contributed by atoms with Crippen molar-refractivity contribution in [1.29, 1.82) is 0 Å².